The third-order valence-corrected chi connectivity index (χ3v) is 2.30. The van der Waals surface area contributed by atoms with Crippen molar-refractivity contribution in [2.75, 3.05) is 11.9 Å². The molecule has 0 fully saturated rings. The van der Waals surface area contributed by atoms with Crippen molar-refractivity contribution in [2.24, 2.45) is 0 Å². The molecule has 2 N–H and O–H groups in total. The predicted molar refractivity (Wildman–Crippen MR) is 61.3 cm³/mol. The fraction of sp³-hybridized carbons (Fsp3) is 0.182. The van der Waals surface area contributed by atoms with Gasteiger partial charge in [-0.15, -0.1) is 0 Å². The Hall–Kier alpha value is -1.55. The molecule has 0 aliphatic carbocycles. The van der Waals surface area contributed by atoms with Gasteiger partial charge in [-0.2, -0.15) is 0 Å². The van der Waals surface area contributed by atoms with E-state index in [9.17, 15) is 9.18 Å². The summed E-state index contributed by atoms with van der Waals surface area (Å²) in [5, 5.41) is 11.8. The molecule has 3 nitrogen and oxygen atoms in total. The first-order chi connectivity index (χ1) is 7.50. The van der Waals surface area contributed by atoms with E-state index in [1.807, 2.05) is 0 Å². The van der Waals surface area contributed by atoms with E-state index in [2.05, 4.69) is 5.32 Å². The van der Waals surface area contributed by atoms with Crippen LogP contribution in [0.5, 0.6) is 0 Å². The van der Waals surface area contributed by atoms with Gasteiger partial charge in [-0.1, -0.05) is 17.7 Å². The molecular formula is C11H11ClFNO2. The van der Waals surface area contributed by atoms with Crippen molar-refractivity contribution in [2.45, 2.75) is 6.92 Å². The highest BCUT2D eigenvalue weighted by Gasteiger charge is 2.01. The molecule has 1 rings (SSSR count). The van der Waals surface area contributed by atoms with Gasteiger partial charge in [0.2, 0.25) is 0 Å². The van der Waals surface area contributed by atoms with Gasteiger partial charge in [-0.25, -0.2) is 9.18 Å². The van der Waals surface area contributed by atoms with Crippen LogP contribution >= 0.6 is 11.6 Å². The highest BCUT2D eigenvalue weighted by atomic mass is 35.5. The van der Waals surface area contributed by atoms with Crippen molar-refractivity contribution in [3.8, 4) is 0 Å². The Bertz CT molecular complexity index is 432. The Labute approximate surface area is 97.5 Å². The maximum Gasteiger partial charge on any atom is 0.331 e. The molecule has 0 aliphatic rings. The number of carboxylic acids is 1. The maximum absolute atomic E-state index is 12.9. The van der Waals surface area contributed by atoms with Crippen LogP contribution in [0.25, 0.3) is 0 Å². The van der Waals surface area contributed by atoms with Crippen molar-refractivity contribution in [3.63, 3.8) is 0 Å². The second-order valence-electron chi connectivity index (χ2n) is 3.20. The summed E-state index contributed by atoms with van der Waals surface area (Å²) < 4.78 is 12.9. The normalized spacial score (nSPS) is 11.3. The van der Waals surface area contributed by atoms with E-state index in [0.29, 0.717) is 10.7 Å². The molecule has 5 heteroatoms. The van der Waals surface area contributed by atoms with Gasteiger partial charge >= 0.3 is 5.97 Å². The molecular weight excluding hydrogens is 233 g/mol. The zero-order chi connectivity index (χ0) is 12.1. The van der Waals surface area contributed by atoms with E-state index in [-0.39, 0.29) is 12.1 Å². The van der Waals surface area contributed by atoms with Crippen LogP contribution in [0.4, 0.5) is 10.1 Å². The fourth-order valence-corrected chi connectivity index (χ4v) is 1.22. The number of carbonyl (C=O) groups is 1. The highest BCUT2D eigenvalue weighted by molar-refractivity contribution is 6.33. The van der Waals surface area contributed by atoms with Gasteiger partial charge in [0.05, 0.1) is 10.7 Å². The molecule has 0 spiro atoms. The standard InChI is InChI=1S/C11H11ClFNO2/c1-7(11(15)16)4-5-14-10-6-8(13)2-3-9(10)12/h2-4,6,14H,5H2,1H3,(H,15,16)/b7-4-. The lowest BCUT2D eigenvalue weighted by molar-refractivity contribution is -0.132. The van der Waals surface area contributed by atoms with Crippen LogP contribution in [0.2, 0.25) is 5.02 Å². The number of anilines is 1. The first-order valence-electron chi connectivity index (χ1n) is 4.59. The summed E-state index contributed by atoms with van der Waals surface area (Å²) >= 11 is 5.81. The van der Waals surface area contributed by atoms with E-state index in [4.69, 9.17) is 16.7 Å². The van der Waals surface area contributed by atoms with E-state index >= 15 is 0 Å². The lowest BCUT2D eigenvalue weighted by atomic mass is 10.2. The van der Waals surface area contributed by atoms with E-state index in [1.54, 1.807) is 0 Å². The van der Waals surface area contributed by atoms with Gasteiger partial charge in [-0.05, 0) is 25.1 Å². The van der Waals surface area contributed by atoms with Gasteiger partial charge < -0.3 is 10.4 Å². The summed E-state index contributed by atoms with van der Waals surface area (Å²) in [6.07, 6.45) is 1.49. The molecule has 86 valence electrons. The zero-order valence-corrected chi connectivity index (χ0v) is 9.38. The molecule has 0 radical (unpaired) electrons. The quantitative estimate of drug-likeness (QED) is 0.800. The highest BCUT2D eigenvalue weighted by Crippen LogP contribution is 2.22. The lowest BCUT2D eigenvalue weighted by Gasteiger charge is -2.06. The molecule has 1 aromatic rings. The van der Waals surface area contributed by atoms with Gasteiger partial charge in [-0.3, -0.25) is 0 Å². The minimum atomic E-state index is -0.980. The SMILES string of the molecule is C/C(=C/CNc1cc(F)ccc1Cl)C(=O)O. The molecule has 0 saturated carbocycles. The number of carboxylic acid groups (broad SMARTS) is 1. The largest absolute Gasteiger partial charge is 0.478 e. The monoisotopic (exact) mass is 243 g/mol. The lowest BCUT2D eigenvalue weighted by Crippen LogP contribution is -2.03. The predicted octanol–water partition coefficient (Wildman–Crippen LogP) is 2.92. The third kappa shape index (κ3) is 3.55. The Kier molecular flexibility index (Phi) is 4.31. The topological polar surface area (TPSA) is 49.3 Å². The fourth-order valence-electron chi connectivity index (χ4n) is 1.03. The van der Waals surface area contributed by atoms with Crippen molar-refractivity contribution < 1.29 is 14.3 Å². The molecule has 0 aromatic heterocycles. The van der Waals surface area contributed by atoms with E-state index in [1.165, 1.54) is 31.2 Å². The average molecular weight is 244 g/mol. The first kappa shape index (κ1) is 12.5. The van der Waals surface area contributed by atoms with Crippen LogP contribution in [0.15, 0.2) is 29.8 Å². The second-order valence-corrected chi connectivity index (χ2v) is 3.60. The first-order valence-corrected chi connectivity index (χ1v) is 4.97. The van der Waals surface area contributed by atoms with Crippen LogP contribution in [-0.4, -0.2) is 17.6 Å². The van der Waals surface area contributed by atoms with E-state index in [0.717, 1.165) is 0 Å². The van der Waals surface area contributed by atoms with Crippen LogP contribution in [0, 0.1) is 5.82 Å². The zero-order valence-electron chi connectivity index (χ0n) is 8.63. The van der Waals surface area contributed by atoms with Crippen LogP contribution < -0.4 is 5.32 Å². The summed E-state index contributed by atoms with van der Waals surface area (Å²) in [7, 11) is 0. The molecule has 0 heterocycles. The number of nitrogens with one attached hydrogen (secondary N) is 1. The van der Waals surface area contributed by atoms with Crippen LogP contribution in [-0.2, 0) is 4.79 Å². The minimum Gasteiger partial charge on any atom is -0.478 e. The summed E-state index contributed by atoms with van der Waals surface area (Å²) in [6, 6.07) is 3.95. The Morgan fingerprint density at radius 2 is 2.31 bits per heavy atom. The maximum atomic E-state index is 12.9. The molecule has 16 heavy (non-hydrogen) atoms. The number of aliphatic carboxylic acids is 1. The molecule has 0 unspecified atom stereocenters. The average Bonchev–Trinajstić information content (AvgIpc) is 2.22. The van der Waals surface area contributed by atoms with E-state index < -0.39 is 11.8 Å². The van der Waals surface area contributed by atoms with Crippen molar-refractivity contribution >= 4 is 23.3 Å². The third-order valence-electron chi connectivity index (χ3n) is 1.97. The molecule has 0 saturated heterocycles. The van der Waals surface area contributed by atoms with Crippen LogP contribution in [0.1, 0.15) is 6.92 Å². The second kappa shape index (κ2) is 5.51. The summed E-state index contributed by atoms with van der Waals surface area (Å²) in [5.41, 5.74) is 0.663. The summed E-state index contributed by atoms with van der Waals surface area (Å²) in [6.45, 7) is 1.76. The molecule has 0 atom stereocenters. The Morgan fingerprint density at radius 3 is 2.94 bits per heavy atom. The number of hydrogen-bond acceptors (Lipinski definition) is 2. The Balaban J connectivity index is 2.65. The summed E-state index contributed by atoms with van der Waals surface area (Å²) in [5.74, 6) is -1.38. The molecule has 0 aliphatic heterocycles. The number of rotatable bonds is 4. The molecule has 0 amide bonds. The van der Waals surface area contributed by atoms with Crippen molar-refractivity contribution in [3.05, 3.63) is 40.7 Å². The number of benzene rings is 1. The van der Waals surface area contributed by atoms with Crippen molar-refractivity contribution in [1.29, 1.82) is 0 Å². The number of halogens is 2. The number of hydrogen-bond donors (Lipinski definition) is 2. The minimum absolute atomic E-state index is 0.222. The smallest absolute Gasteiger partial charge is 0.331 e. The van der Waals surface area contributed by atoms with Gasteiger partial charge in [0.1, 0.15) is 5.82 Å². The Morgan fingerprint density at radius 1 is 1.62 bits per heavy atom. The van der Waals surface area contributed by atoms with Crippen LogP contribution in [0.3, 0.4) is 0 Å². The van der Waals surface area contributed by atoms with Gasteiger partial charge in [0.25, 0.3) is 0 Å². The molecule has 0 bridgehead atoms. The molecule has 1 aromatic carbocycles. The van der Waals surface area contributed by atoms with Crippen molar-refractivity contribution in [1.82, 2.24) is 0 Å². The van der Waals surface area contributed by atoms with Gasteiger partial charge in [0.15, 0.2) is 0 Å². The summed E-state index contributed by atoms with van der Waals surface area (Å²) in [4.78, 5) is 10.5. The van der Waals surface area contributed by atoms with Gasteiger partial charge in [0, 0.05) is 12.1 Å².